The SMILES string of the molecule is N#Cc1cnn(-c2ccccc2)c1NC(=O)COC(=O)c1occc1-c1ccccc1. The Kier molecular flexibility index (Phi) is 5.58. The highest BCUT2D eigenvalue weighted by molar-refractivity contribution is 5.97. The van der Waals surface area contributed by atoms with Gasteiger partial charge in [-0.05, 0) is 23.8 Å². The minimum Gasteiger partial charge on any atom is -0.457 e. The van der Waals surface area contributed by atoms with Gasteiger partial charge in [0.1, 0.15) is 11.6 Å². The quantitative estimate of drug-likeness (QED) is 0.482. The van der Waals surface area contributed by atoms with E-state index in [0.717, 1.165) is 5.56 Å². The summed E-state index contributed by atoms with van der Waals surface area (Å²) in [6.45, 7) is -0.557. The number of rotatable bonds is 6. The number of hydrogen-bond acceptors (Lipinski definition) is 6. The van der Waals surface area contributed by atoms with Crippen LogP contribution < -0.4 is 5.32 Å². The molecule has 0 aliphatic carbocycles. The van der Waals surface area contributed by atoms with Gasteiger partial charge in [0, 0.05) is 5.56 Å². The molecular weight excluding hydrogens is 396 g/mol. The maximum absolute atomic E-state index is 12.5. The van der Waals surface area contributed by atoms with Gasteiger partial charge in [-0.15, -0.1) is 0 Å². The number of carbonyl (C=O) groups excluding carboxylic acids is 2. The molecule has 8 heteroatoms. The van der Waals surface area contributed by atoms with Gasteiger partial charge >= 0.3 is 5.97 Å². The number of ether oxygens (including phenoxy) is 1. The summed E-state index contributed by atoms with van der Waals surface area (Å²) in [5, 5.41) is 16.1. The molecule has 8 nitrogen and oxygen atoms in total. The van der Waals surface area contributed by atoms with Crippen molar-refractivity contribution < 1.29 is 18.7 Å². The van der Waals surface area contributed by atoms with Crippen molar-refractivity contribution in [1.29, 1.82) is 5.26 Å². The van der Waals surface area contributed by atoms with Gasteiger partial charge in [0.15, 0.2) is 12.4 Å². The molecule has 0 aliphatic heterocycles. The van der Waals surface area contributed by atoms with Crippen LogP contribution in [0.4, 0.5) is 5.82 Å². The Bertz CT molecular complexity index is 1250. The predicted octanol–water partition coefficient (Wildman–Crippen LogP) is 3.80. The third-order valence-corrected chi connectivity index (χ3v) is 4.42. The summed E-state index contributed by atoms with van der Waals surface area (Å²) in [7, 11) is 0. The standard InChI is InChI=1S/C23H16N4O4/c24-13-17-14-25-27(18-9-5-2-6-10-18)22(17)26-20(28)15-31-23(29)21-19(11-12-30-21)16-7-3-1-4-8-16/h1-12,14H,15H2,(H,26,28). The topological polar surface area (TPSA) is 110 Å². The monoisotopic (exact) mass is 412 g/mol. The number of hydrogen-bond donors (Lipinski definition) is 1. The summed E-state index contributed by atoms with van der Waals surface area (Å²) < 4.78 is 11.8. The molecular formula is C23H16N4O4. The first-order valence-electron chi connectivity index (χ1n) is 9.31. The van der Waals surface area contributed by atoms with Crippen LogP contribution in [0.25, 0.3) is 16.8 Å². The largest absolute Gasteiger partial charge is 0.457 e. The van der Waals surface area contributed by atoms with Gasteiger partial charge in [0.2, 0.25) is 5.76 Å². The van der Waals surface area contributed by atoms with E-state index in [1.165, 1.54) is 17.1 Å². The van der Waals surface area contributed by atoms with E-state index in [1.54, 1.807) is 18.2 Å². The molecule has 0 saturated carbocycles. The van der Waals surface area contributed by atoms with E-state index < -0.39 is 18.5 Å². The third kappa shape index (κ3) is 4.21. The van der Waals surface area contributed by atoms with Crippen molar-refractivity contribution in [3.05, 3.63) is 90.5 Å². The Morgan fingerprint density at radius 2 is 1.77 bits per heavy atom. The molecule has 0 radical (unpaired) electrons. The molecule has 0 bridgehead atoms. The fourth-order valence-corrected chi connectivity index (χ4v) is 2.99. The highest BCUT2D eigenvalue weighted by Gasteiger charge is 2.21. The number of anilines is 1. The number of para-hydroxylation sites is 1. The van der Waals surface area contributed by atoms with Crippen LogP contribution in [0.15, 0.2) is 83.6 Å². The van der Waals surface area contributed by atoms with E-state index >= 15 is 0 Å². The van der Waals surface area contributed by atoms with Crippen molar-refractivity contribution in [3.8, 4) is 22.9 Å². The Balaban J connectivity index is 1.46. The smallest absolute Gasteiger partial charge is 0.375 e. The summed E-state index contributed by atoms with van der Waals surface area (Å²) in [5.41, 5.74) is 2.21. The van der Waals surface area contributed by atoms with Crippen LogP contribution in [0.5, 0.6) is 0 Å². The molecule has 4 rings (SSSR count). The van der Waals surface area contributed by atoms with Crippen LogP contribution in [-0.4, -0.2) is 28.3 Å². The molecule has 2 aromatic carbocycles. The van der Waals surface area contributed by atoms with E-state index in [-0.39, 0.29) is 17.1 Å². The van der Waals surface area contributed by atoms with Crippen molar-refractivity contribution in [2.45, 2.75) is 0 Å². The predicted molar refractivity (Wildman–Crippen MR) is 111 cm³/mol. The number of esters is 1. The molecule has 0 atom stereocenters. The van der Waals surface area contributed by atoms with Crippen molar-refractivity contribution in [1.82, 2.24) is 9.78 Å². The molecule has 2 heterocycles. The molecule has 152 valence electrons. The second kappa shape index (κ2) is 8.80. The summed E-state index contributed by atoms with van der Waals surface area (Å²) in [5.74, 6) is -1.19. The first kappa shape index (κ1) is 19.7. The first-order chi connectivity index (χ1) is 15.2. The second-order valence-corrected chi connectivity index (χ2v) is 6.42. The van der Waals surface area contributed by atoms with E-state index in [4.69, 9.17) is 9.15 Å². The average molecular weight is 412 g/mol. The van der Waals surface area contributed by atoms with Gasteiger partial charge in [-0.1, -0.05) is 48.5 Å². The van der Waals surface area contributed by atoms with Crippen molar-refractivity contribution in [2.75, 3.05) is 11.9 Å². The molecule has 31 heavy (non-hydrogen) atoms. The third-order valence-electron chi connectivity index (χ3n) is 4.42. The van der Waals surface area contributed by atoms with Crippen LogP contribution in [0, 0.1) is 11.3 Å². The number of amides is 1. The Morgan fingerprint density at radius 3 is 2.48 bits per heavy atom. The highest BCUT2D eigenvalue weighted by atomic mass is 16.5. The minimum atomic E-state index is -0.768. The second-order valence-electron chi connectivity index (χ2n) is 6.42. The van der Waals surface area contributed by atoms with Crippen molar-refractivity contribution >= 4 is 17.7 Å². The Morgan fingerprint density at radius 1 is 1.06 bits per heavy atom. The van der Waals surface area contributed by atoms with Crippen molar-refractivity contribution in [3.63, 3.8) is 0 Å². The molecule has 2 aromatic heterocycles. The molecule has 0 spiro atoms. The van der Waals surface area contributed by atoms with E-state index in [0.29, 0.717) is 11.3 Å². The number of nitriles is 1. The molecule has 0 aliphatic rings. The molecule has 1 amide bonds. The van der Waals surface area contributed by atoms with Gasteiger partial charge in [0.05, 0.1) is 18.1 Å². The summed E-state index contributed by atoms with van der Waals surface area (Å²) in [6.07, 6.45) is 2.74. The first-order valence-corrected chi connectivity index (χ1v) is 9.31. The average Bonchev–Trinajstić information content (AvgIpc) is 3.46. The summed E-state index contributed by atoms with van der Waals surface area (Å²) in [4.78, 5) is 24.9. The molecule has 4 aromatic rings. The van der Waals surface area contributed by atoms with E-state index in [2.05, 4.69) is 10.4 Å². The molecule has 0 saturated heterocycles. The van der Waals surface area contributed by atoms with Crippen molar-refractivity contribution in [2.24, 2.45) is 0 Å². The van der Waals surface area contributed by atoms with Crippen LogP contribution in [-0.2, 0) is 9.53 Å². The minimum absolute atomic E-state index is 0.00559. The lowest BCUT2D eigenvalue weighted by atomic mass is 10.1. The van der Waals surface area contributed by atoms with Gasteiger partial charge in [-0.2, -0.15) is 10.4 Å². The Hall–Kier alpha value is -4.64. The number of nitrogens with zero attached hydrogens (tertiary/aromatic N) is 3. The molecule has 1 N–H and O–H groups in total. The van der Waals surface area contributed by atoms with Crippen LogP contribution in [0.2, 0.25) is 0 Å². The lowest BCUT2D eigenvalue weighted by Gasteiger charge is -2.10. The lowest BCUT2D eigenvalue weighted by molar-refractivity contribution is -0.119. The zero-order chi connectivity index (χ0) is 21.6. The zero-order valence-electron chi connectivity index (χ0n) is 16.2. The normalized spacial score (nSPS) is 10.3. The number of furan rings is 1. The molecule has 0 fully saturated rings. The number of nitrogens with one attached hydrogen (secondary N) is 1. The molecule has 0 unspecified atom stereocenters. The Labute approximate surface area is 177 Å². The summed E-state index contributed by atoms with van der Waals surface area (Å²) in [6, 6.07) is 21.9. The van der Waals surface area contributed by atoms with Gasteiger partial charge in [-0.25, -0.2) is 9.48 Å². The van der Waals surface area contributed by atoms with Crippen LogP contribution >= 0.6 is 0 Å². The zero-order valence-corrected chi connectivity index (χ0v) is 16.2. The maximum Gasteiger partial charge on any atom is 0.375 e. The fraction of sp³-hybridized carbons (Fsp3) is 0.0435. The van der Waals surface area contributed by atoms with Crippen LogP contribution in [0.3, 0.4) is 0 Å². The fourth-order valence-electron chi connectivity index (χ4n) is 2.99. The number of carbonyl (C=O) groups is 2. The lowest BCUT2D eigenvalue weighted by Crippen LogP contribution is -2.23. The number of aromatic nitrogens is 2. The maximum atomic E-state index is 12.5. The van der Waals surface area contributed by atoms with Crippen LogP contribution in [0.1, 0.15) is 16.1 Å². The van der Waals surface area contributed by atoms with Gasteiger partial charge < -0.3 is 14.5 Å². The van der Waals surface area contributed by atoms with E-state index in [1.807, 2.05) is 54.6 Å². The van der Waals surface area contributed by atoms with E-state index in [9.17, 15) is 14.9 Å². The number of benzene rings is 2. The highest BCUT2D eigenvalue weighted by Crippen LogP contribution is 2.25. The van der Waals surface area contributed by atoms with Gasteiger partial charge in [-0.3, -0.25) is 4.79 Å². The summed E-state index contributed by atoms with van der Waals surface area (Å²) >= 11 is 0. The van der Waals surface area contributed by atoms with Gasteiger partial charge in [0.25, 0.3) is 5.91 Å².